The Kier molecular flexibility index (Phi) is 44.8. The van der Waals surface area contributed by atoms with Crippen molar-refractivity contribution in [2.45, 2.75) is 238 Å². The zero-order chi connectivity index (χ0) is 43.8. The van der Waals surface area contributed by atoms with Crippen molar-refractivity contribution in [1.29, 1.82) is 0 Å². The highest BCUT2D eigenvalue weighted by molar-refractivity contribution is 5.77. The number of hydrogen-bond acceptors (Lipinski definition) is 5. The smallest absolute Gasteiger partial charge is 0.306 e. The normalized spacial score (nSPS) is 14.0. The van der Waals surface area contributed by atoms with Gasteiger partial charge in [0, 0.05) is 6.42 Å². The summed E-state index contributed by atoms with van der Waals surface area (Å²) in [6.45, 7) is 6.27. The van der Waals surface area contributed by atoms with Gasteiger partial charge in [-0.25, -0.2) is 0 Å². The average molecular weight is 836 g/mol. The summed E-state index contributed by atoms with van der Waals surface area (Å²) in [7, 11) is 0. The molecule has 6 heteroatoms. The number of ether oxygens (including phenoxy) is 1. The second-order valence-corrected chi connectivity index (χ2v) is 16.6. The minimum atomic E-state index is -0.803. The molecule has 0 saturated carbocycles. The van der Waals surface area contributed by atoms with E-state index in [2.05, 4.69) is 56.5 Å². The molecule has 0 heterocycles. The van der Waals surface area contributed by atoms with Crippen molar-refractivity contribution in [3.8, 4) is 0 Å². The number of nitrogens with one attached hydrogen (secondary N) is 1. The first-order chi connectivity index (χ1) is 29.5. The van der Waals surface area contributed by atoms with Gasteiger partial charge in [-0.05, 0) is 64.2 Å². The van der Waals surface area contributed by atoms with E-state index in [4.69, 9.17) is 4.74 Å². The minimum absolute atomic E-state index is 0.0440. The fraction of sp³-hybridized carbons (Fsp3) is 0.704. The van der Waals surface area contributed by atoms with Crippen LogP contribution in [-0.2, 0) is 14.3 Å². The SMILES string of the molecule is CC\C=C/C=C/C=C/C=C\C=C\C=C\CCCCCC(=O)OC(CCCCC/C=C\CCCC)CC(=O)NC(CO)C(O)CCCCCCCCCCCCCCCCC. The van der Waals surface area contributed by atoms with Crippen molar-refractivity contribution in [2.24, 2.45) is 0 Å². The van der Waals surface area contributed by atoms with Crippen LogP contribution < -0.4 is 5.32 Å². The van der Waals surface area contributed by atoms with Gasteiger partial charge < -0.3 is 20.3 Å². The number of aliphatic hydroxyl groups is 2. The summed E-state index contributed by atoms with van der Waals surface area (Å²) in [5.74, 6) is -0.549. The molecule has 344 valence electrons. The molecule has 3 atom stereocenters. The molecule has 0 aromatic rings. The molecule has 0 bridgehead atoms. The molecule has 60 heavy (non-hydrogen) atoms. The van der Waals surface area contributed by atoms with E-state index >= 15 is 0 Å². The summed E-state index contributed by atoms with van der Waals surface area (Å²) in [6.07, 6.45) is 60.7. The fourth-order valence-electron chi connectivity index (χ4n) is 7.09. The van der Waals surface area contributed by atoms with Crippen molar-refractivity contribution in [3.63, 3.8) is 0 Å². The third-order valence-electron chi connectivity index (χ3n) is 10.9. The number of hydrogen-bond donors (Lipinski definition) is 3. The standard InChI is InChI=1S/C54H93NO5/c1-4-7-10-13-16-19-21-23-25-26-28-30-32-35-38-41-44-47-54(59)60-50(45-42-39-36-33-18-15-12-9-6-3)48-53(58)55-51(49-56)52(57)46-43-40-37-34-31-29-27-24-22-20-17-14-11-8-5-2/h7,10,13,15-16,18-19,21,23,25-26,28,30,32,50-52,56-57H,4-6,8-9,11-12,14,17,20,22,24,27,29,31,33-49H2,1-3H3,(H,55,58)/b10-7-,16-13+,18-15-,21-19+,25-23-,28-26+,32-30+. The highest BCUT2D eigenvalue weighted by Crippen LogP contribution is 2.17. The number of carbonyl (C=O) groups is 2. The highest BCUT2D eigenvalue weighted by atomic mass is 16.5. The van der Waals surface area contributed by atoms with Crippen molar-refractivity contribution in [3.05, 3.63) is 85.1 Å². The first-order valence-corrected chi connectivity index (χ1v) is 24.9. The molecule has 6 nitrogen and oxygen atoms in total. The van der Waals surface area contributed by atoms with E-state index in [1.54, 1.807) is 0 Å². The quantitative estimate of drug-likeness (QED) is 0.0246. The van der Waals surface area contributed by atoms with Crippen LogP contribution in [0.25, 0.3) is 0 Å². The van der Waals surface area contributed by atoms with Gasteiger partial charge in [-0.2, -0.15) is 0 Å². The summed E-state index contributed by atoms with van der Waals surface area (Å²) < 4.78 is 5.88. The molecule has 0 radical (unpaired) electrons. The van der Waals surface area contributed by atoms with E-state index < -0.39 is 18.2 Å². The van der Waals surface area contributed by atoms with Crippen LogP contribution in [0.1, 0.15) is 220 Å². The second-order valence-electron chi connectivity index (χ2n) is 16.6. The van der Waals surface area contributed by atoms with Crippen LogP contribution in [0.2, 0.25) is 0 Å². The Bertz CT molecular complexity index is 1160. The second kappa shape index (κ2) is 47.1. The molecule has 0 rings (SSSR count). The van der Waals surface area contributed by atoms with Crippen LogP contribution in [0.5, 0.6) is 0 Å². The van der Waals surface area contributed by atoms with Gasteiger partial charge in [0.15, 0.2) is 0 Å². The largest absolute Gasteiger partial charge is 0.462 e. The van der Waals surface area contributed by atoms with E-state index in [1.165, 1.54) is 89.9 Å². The number of aliphatic hydroxyl groups excluding tert-OH is 2. The lowest BCUT2D eigenvalue weighted by atomic mass is 10.0. The molecule has 0 aromatic heterocycles. The maximum atomic E-state index is 13.2. The molecule has 0 saturated heterocycles. The highest BCUT2D eigenvalue weighted by Gasteiger charge is 2.24. The van der Waals surface area contributed by atoms with Gasteiger partial charge in [-0.1, -0.05) is 228 Å². The summed E-state index contributed by atoms with van der Waals surface area (Å²) in [6, 6.07) is -0.719. The first-order valence-electron chi connectivity index (χ1n) is 24.9. The maximum absolute atomic E-state index is 13.2. The van der Waals surface area contributed by atoms with Gasteiger partial charge in [0.1, 0.15) is 6.10 Å². The Morgan fingerprint density at radius 3 is 1.47 bits per heavy atom. The Morgan fingerprint density at radius 1 is 0.500 bits per heavy atom. The zero-order valence-corrected chi connectivity index (χ0v) is 39.1. The monoisotopic (exact) mass is 836 g/mol. The summed E-state index contributed by atoms with van der Waals surface area (Å²) in [5.41, 5.74) is 0. The van der Waals surface area contributed by atoms with Crippen molar-refractivity contribution in [1.82, 2.24) is 5.32 Å². The number of rotatable bonds is 43. The van der Waals surface area contributed by atoms with E-state index in [0.717, 1.165) is 83.5 Å². The molecular formula is C54H93NO5. The van der Waals surface area contributed by atoms with E-state index in [-0.39, 0.29) is 24.9 Å². The molecule has 0 aliphatic rings. The lowest BCUT2D eigenvalue weighted by Gasteiger charge is -2.24. The van der Waals surface area contributed by atoms with Gasteiger partial charge in [0.05, 0.1) is 25.2 Å². The Hall–Kier alpha value is -2.96. The van der Waals surface area contributed by atoms with Crippen LogP contribution in [0.3, 0.4) is 0 Å². The van der Waals surface area contributed by atoms with Gasteiger partial charge in [0.2, 0.25) is 5.91 Å². The van der Waals surface area contributed by atoms with Gasteiger partial charge >= 0.3 is 5.97 Å². The van der Waals surface area contributed by atoms with E-state index in [1.807, 2.05) is 54.7 Å². The lowest BCUT2D eigenvalue weighted by Crippen LogP contribution is -2.46. The Balaban J connectivity index is 4.58. The summed E-state index contributed by atoms with van der Waals surface area (Å²) in [4.78, 5) is 26.0. The molecule has 1 amide bonds. The molecule has 0 aromatic carbocycles. The lowest BCUT2D eigenvalue weighted by molar-refractivity contribution is -0.151. The van der Waals surface area contributed by atoms with Gasteiger partial charge in [0.25, 0.3) is 0 Å². The first kappa shape index (κ1) is 57.0. The average Bonchev–Trinajstić information content (AvgIpc) is 3.24. The third-order valence-corrected chi connectivity index (χ3v) is 10.9. The molecular weight excluding hydrogens is 743 g/mol. The minimum Gasteiger partial charge on any atom is -0.462 e. The van der Waals surface area contributed by atoms with Crippen molar-refractivity contribution in [2.75, 3.05) is 6.61 Å². The third kappa shape index (κ3) is 41.8. The molecule has 3 N–H and O–H groups in total. The van der Waals surface area contributed by atoms with Gasteiger partial charge in [-0.3, -0.25) is 9.59 Å². The molecule has 0 aliphatic carbocycles. The predicted octanol–water partition coefficient (Wildman–Crippen LogP) is 14.8. The van der Waals surface area contributed by atoms with Crippen molar-refractivity contribution >= 4 is 11.9 Å². The number of esters is 1. The Labute approximate surface area is 370 Å². The van der Waals surface area contributed by atoms with Gasteiger partial charge in [-0.15, -0.1) is 0 Å². The van der Waals surface area contributed by atoms with E-state index in [9.17, 15) is 19.8 Å². The zero-order valence-electron chi connectivity index (χ0n) is 39.1. The van der Waals surface area contributed by atoms with Crippen LogP contribution >= 0.6 is 0 Å². The number of allylic oxidation sites excluding steroid dienone is 14. The molecule has 0 fully saturated rings. The van der Waals surface area contributed by atoms with Crippen LogP contribution in [0.15, 0.2) is 85.1 Å². The van der Waals surface area contributed by atoms with Crippen LogP contribution in [-0.4, -0.2) is 46.9 Å². The molecule has 0 spiro atoms. The number of unbranched alkanes of at least 4 members (excludes halogenated alkanes) is 22. The molecule has 0 aliphatic heterocycles. The summed E-state index contributed by atoms with van der Waals surface area (Å²) >= 11 is 0. The fourth-order valence-corrected chi connectivity index (χ4v) is 7.09. The topological polar surface area (TPSA) is 95.9 Å². The van der Waals surface area contributed by atoms with Crippen LogP contribution in [0.4, 0.5) is 0 Å². The maximum Gasteiger partial charge on any atom is 0.306 e. The molecule has 3 unspecified atom stereocenters. The number of amides is 1. The predicted molar refractivity (Wildman–Crippen MR) is 259 cm³/mol. The van der Waals surface area contributed by atoms with Crippen LogP contribution in [0, 0.1) is 0 Å². The number of carbonyl (C=O) groups excluding carboxylic acids is 2. The summed E-state index contributed by atoms with van der Waals surface area (Å²) in [5, 5.41) is 23.7. The van der Waals surface area contributed by atoms with Crippen molar-refractivity contribution < 1.29 is 24.5 Å². The Morgan fingerprint density at radius 2 is 0.933 bits per heavy atom. The van der Waals surface area contributed by atoms with E-state index in [0.29, 0.717) is 19.3 Å².